The van der Waals surface area contributed by atoms with Crippen LogP contribution in [0.15, 0.2) is 12.2 Å². The lowest BCUT2D eigenvalue weighted by atomic mass is 9.75. The van der Waals surface area contributed by atoms with Crippen LogP contribution >= 0.6 is 0 Å². The molecule has 0 aromatic heterocycles. The Morgan fingerprint density at radius 1 is 0.628 bits per heavy atom. The molecule has 3 aliphatic rings. The van der Waals surface area contributed by atoms with Gasteiger partial charge >= 0.3 is 24.2 Å². The van der Waals surface area contributed by atoms with Crippen molar-refractivity contribution in [2.75, 3.05) is 0 Å². The van der Waals surface area contributed by atoms with Crippen LogP contribution in [-0.4, -0.2) is 36.5 Å². The maximum absolute atomic E-state index is 13.0. The molecule has 0 saturated heterocycles. The maximum atomic E-state index is 13.0. The molecule has 43 heavy (non-hydrogen) atoms. The monoisotopic (exact) mass is 608 g/mol. The molecule has 2 saturated carbocycles. The van der Waals surface area contributed by atoms with Crippen molar-refractivity contribution in [3.63, 3.8) is 0 Å². The van der Waals surface area contributed by atoms with Crippen LogP contribution in [0.4, 0.5) is 9.59 Å². The van der Waals surface area contributed by atoms with Crippen molar-refractivity contribution in [2.24, 2.45) is 17.8 Å². The third-order valence-corrected chi connectivity index (χ3v) is 8.88. The SMILES string of the molecule is CCCCCCC1C=CC(CCCCCCCC(=O)OOC(=O)OC2CCCC2)CC1C(=O)OOC(=O)OC1CCCC1. The van der Waals surface area contributed by atoms with E-state index in [9.17, 15) is 19.2 Å². The molecule has 244 valence electrons. The molecule has 0 aromatic carbocycles. The topological polar surface area (TPSA) is 124 Å². The van der Waals surface area contributed by atoms with Crippen molar-refractivity contribution in [1.82, 2.24) is 0 Å². The largest absolute Gasteiger partial charge is 0.550 e. The fourth-order valence-electron chi connectivity index (χ4n) is 6.39. The van der Waals surface area contributed by atoms with E-state index in [1.807, 2.05) is 0 Å². The Balaban J connectivity index is 1.29. The van der Waals surface area contributed by atoms with Crippen LogP contribution in [0.25, 0.3) is 0 Å². The number of allylic oxidation sites excluding steroid dienone is 2. The molecule has 0 heterocycles. The summed E-state index contributed by atoms with van der Waals surface area (Å²) in [5.74, 6) is -1.09. The molecule has 3 unspecified atom stereocenters. The van der Waals surface area contributed by atoms with Gasteiger partial charge in [-0.3, -0.25) is 0 Å². The number of ether oxygens (including phenoxy) is 2. The number of hydrogen-bond donors (Lipinski definition) is 0. The Morgan fingerprint density at radius 2 is 1.19 bits per heavy atom. The summed E-state index contributed by atoms with van der Waals surface area (Å²) in [6, 6.07) is 0. The zero-order chi connectivity index (χ0) is 30.7. The molecule has 0 aromatic rings. The van der Waals surface area contributed by atoms with Crippen LogP contribution in [0.5, 0.6) is 0 Å². The minimum Gasteiger partial charge on any atom is -0.428 e. The van der Waals surface area contributed by atoms with Crippen LogP contribution in [0.2, 0.25) is 0 Å². The smallest absolute Gasteiger partial charge is 0.428 e. The Hall–Kier alpha value is -2.78. The van der Waals surface area contributed by atoms with Crippen molar-refractivity contribution in [1.29, 1.82) is 0 Å². The van der Waals surface area contributed by atoms with E-state index in [2.05, 4.69) is 28.9 Å². The second-order valence-corrected chi connectivity index (χ2v) is 12.4. The van der Waals surface area contributed by atoms with E-state index in [-0.39, 0.29) is 36.4 Å². The van der Waals surface area contributed by atoms with Crippen LogP contribution in [-0.2, 0) is 38.6 Å². The highest BCUT2D eigenvalue weighted by Gasteiger charge is 2.34. The molecular weight excluding hydrogens is 556 g/mol. The van der Waals surface area contributed by atoms with Gasteiger partial charge < -0.3 is 9.47 Å². The van der Waals surface area contributed by atoms with Crippen molar-refractivity contribution in [3.05, 3.63) is 12.2 Å². The van der Waals surface area contributed by atoms with Crippen molar-refractivity contribution >= 4 is 24.2 Å². The lowest BCUT2D eigenvalue weighted by Crippen LogP contribution is -2.31. The summed E-state index contributed by atoms with van der Waals surface area (Å²) < 4.78 is 10.3. The summed E-state index contributed by atoms with van der Waals surface area (Å²) in [5, 5.41) is 0. The molecular formula is C33H52O10. The summed E-state index contributed by atoms with van der Waals surface area (Å²) in [7, 11) is 0. The zero-order valence-electron chi connectivity index (χ0n) is 26.0. The number of hydrogen-bond acceptors (Lipinski definition) is 10. The molecule has 0 N–H and O–H groups in total. The standard InChI is InChI=1S/C33H52O10/c1-2-3-4-9-16-26-23-22-25(24-29(26)31(35)41-43-33(37)39-28-19-13-14-20-28)15-8-6-5-7-10-21-30(34)40-42-32(36)38-27-17-11-12-18-27/h22-23,25-29H,2-21,24H2,1H3. The van der Waals surface area contributed by atoms with Gasteiger partial charge in [0, 0.05) is 0 Å². The van der Waals surface area contributed by atoms with Crippen molar-refractivity contribution in [2.45, 2.75) is 154 Å². The summed E-state index contributed by atoms with van der Waals surface area (Å²) in [6.07, 6.45) is 21.3. The van der Waals surface area contributed by atoms with Gasteiger partial charge in [0.15, 0.2) is 0 Å². The first-order chi connectivity index (χ1) is 20.9. The average molecular weight is 609 g/mol. The van der Waals surface area contributed by atoms with E-state index in [0.29, 0.717) is 12.8 Å². The van der Waals surface area contributed by atoms with Crippen LogP contribution < -0.4 is 0 Å². The van der Waals surface area contributed by atoms with Crippen LogP contribution in [0.1, 0.15) is 142 Å². The quantitative estimate of drug-likeness (QED) is 0.0553. The molecule has 0 aliphatic heterocycles. The zero-order valence-corrected chi connectivity index (χ0v) is 26.0. The Kier molecular flexibility index (Phi) is 16.3. The predicted molar refractivity (Wildman–Crippen MR) is 157 cm³/mol. The molecule has 10 nitrogen and oxygen atoms in total. The molecule has 0 amide bonds. The normalized spacial score (nSPS) is 22.2. The van der Waals surface area contributed by atoms with Gasteiger partial charge in [0.25, 0.3) is 0 Å². The molecule has 3 rings (SSSR count). The van der Waals surface area contributed by atoms with Gasteiger partial charge in [-0.15, -0.1) is 0 Å². The Morgan fingerprint density at radius 3 is 1.84 bits per heavy atom. The van der Waals surface area contributed by atoms with E-state index >= 15 is 0 Å². The second-order valence-electron chi connectivity index (χ2n) is 12.4. The Labute approximate surface area is 256 Å². The van der Waals surface area contributed by atoms with E-state index in [1.165, 1.54) is 6.42 Å². The third kappa shape index (κ3) is 14.0. The highest BCUT2D eigenvalue weighted by molar-refractivity contribution is 5.74. The van der Waals surface area contributed by atoms with Crippen LogP contribution in [0.3, 0.4) is 0 Å². The summed E-state index contributed by atoms with van der Waals surface area (Å²) in [5.41, 5.74) is 0. The lowest BCUT2D eigenvalue weighted by molar-refractivity contribution is -0.251. The molecule has 0 spiro atoms. The lowest BCUT2D eigenvalue weighted by Gasteiger charge is -2.30. The fraction of sp³-hybridized carbons (Fsp3) is 0.818. The van der Waals surface area contributed by atoms with E-state index < -0.39 is 24.2 Å². The van der Waals surface area contributed by atoms with E-state index in [0.717, 1.165) is 109 Å². The number of unbranched alkanes of at least 4 members (excludes halogenated alkanes) is 7. The average Bonchev–Trinajstić information content (AvgIpc) is 3.71. The minimum atomic E-state index is -0.954. The van der Waals surface area contributed by atoms with Gasteiger partial charge in [-0.25, -0.2) is 29.1 Å². The first-order valence-corrected chi connectivity index (χ1v) is 16.8. The van der Waals surface area contributed by atoms with E-state index in [1.54, 1.807) is 0 Å². The van der Waals surface area contributed by atoms with Crippen molar-refractivity contribution < 1.29 is 48.2 Å². The fourth-order valence-corrected chi connectivity index (χ4v) is 6.39. The molecule has 3 aliphatic carbocycles. The first-order valence-electron chi connectivity index (χ1n) is 16.8. The predicted octanol–water partition coefficient (Wildman–Crippen LogP) is 8.60. The highest BCUT2D eigenvalue weighted by Crippen LogP contribution is 2.35. The van der Waals surface area contributed by atoms with E-state index in [4.69, 9.17) is 19.2 Å². The molecule has 3 atom stereocenters. The number of carbonyl (C=O) groups is 4. The van der Waals surface area contributed by atoms with Gasteiger partial charge in [-0.05, 0) is 88.9 Å². The maximum Gasteiger partial charge on any atom is 0.550 e. The molecule has 10 heteroatoms. The Bertz CT molecular complexity index is 875. The highest BCUT2D eigenvalue weighted by atomic mass is 17.2. The van der Waals surface area contributed by atoms with Gasteiger partial charge in [-0.2, -0.15) is 9.59 Å². The van der Waals surface area contributed by atoms with Gasteiger partial charge in [-0.1, -0.05) is 70.4 Å². The number of rotatable bonds is 16. The molecule has 0 radical (unpaired) electrons. The summed E-state index contributed by atoms with van der Waals surface area (Å²) >= 11 is 0. The molecule has 2 fully saturated rings. The number of carbonyl (C=O) groups excluding carboxylic acids is 4. The van der Waals surface area contributed by atoms with Crippen LogP contribution in [0, 0.1) is 17.8 Å². The first kappa shape index (κ1) is 34.7. The van der Waals surface area contributed by atoms with Gasteiger partial charge in [0.2, 0.25) is 0 Å². The van der Waals surface area contributed by atoms with Gasteiger partial charge in [0.1, 0.15) is 12.2 Å². The third-order valence-electron chi connectivity index (χ3n) is 8.88. The summed E-state index contributed by atoms with van der Waals surface area (Å²) in [4.78, 5) is 67.1. The second kappa shape index (κ2) is 20.2. The molecule has 0 bridgehead atoms. The minimum absolute atomic E-state index is 0.0726. The summed E-state index contributed by atoms with van der Waals surface area (Å²) in [6.45, 7) is 2.18. The van der Waals surface area contributed by atoms with Gasteiger partial charge in [0.05, 0.1) is 12.3 Å². The van der Waals surface area contributed by atoms with Crippen molar-refractivity contribution in [3.8, 4) is 0 Å².